The van der Waals surface area contributed by atoms with Crippen molar-refractivity contribution >= 4 is 164 Å². The first-order valence-corrected chi connectivity index (χ1v) is 33.1. The van der Waals surface area contributed by atoms with Crippen LogP contribution in [0.3, 0.4) is 0 Å². The topological polar surface area (TPSA) is 91.5 Å². The minimum Gasteiger partial charge on any atom is -0.338 e. The molecule has 96 heavy (non-hydrogen) atoms. The van der Waals surface area contributed by atoms with Crippen LogP contribution in [0, 0.1) is 0 Å². The second-order valence-electron chi connectivity index (χ2n) is 24.1. The molecule has 10 nitrogen and oxygen atoms in total. The Morgan fingerprint density at radius 3 is 1.29 bits per heavy atom. The van der Waals surface area contributed by atoms with Gasteiger partial charge < -0.3 is 23.3 Å². The quantitative estimate of drug-likeness (QED) is 0.137. The lowest BCUT2D eigenvalue weighted by Gasteiger charge is -2.11. The maximum atomic E-state index is 5.60. The van der Waals surface area contributed by atoms with Crippen LogP contribution < -0.4 is 0 Å². The van der Waals surface area contributed by atoms with Crippen LogP contribution in [0.25, 0.3) is 171 Å². The van der Waals surface area contributed by atoms with Crippen molar-refractivity contribution in [1.82, 2.24) is 47.6 Å². The summed E-state index contributed by atoms with van der Waals surface area (Å²) in [6.07, 6.45) is 3.56. The van der Waals surface area contributed by atoms with E-state index in [0.717, 1.165) is 94.7 Å². The van der Waals surface area contributed by atoms with E-state index < -0.39 is 0 Å². The molecule has 21 rings (SSSR count). The number of imidazole rings is 2. The fraction of sp³-hybridized carbons (Fsp3) is 0. The van der Waals surface area contributed by atoms with Crippen molar-refractivity contribution in [3.63, 3.8) is 0 Å². The highest BCUT2D eigenvalue weighted by molar-refractivity contribution is 9.10. The zero-order valence-electron chi connectivity index (χ0n) is 51.2. The maximum absolute atomic E-state index is 5.60. The lowest BCUT2D eigenvalue weighted by atomic mass is 10.0. The molecule has 9 heterocycles. The first-order valence-electron chi connectivity index (χ1n) is 31.9. The van der Waals surface area contributed by atoms with Crippen molar-refractivity contribution in [3.05, 3.63) is 319 Å². The van der Waals surface area contributed by atoms with E-state index in [0.29, 0.717) is 9.63 Å². The number of halogens is 2. The highest BCUT2D eigenvalue weighted by atomic mass is 79.9. The van der Waals surface area contributed by atoms with Gasteiger partial charge in [-0.25, -0.2) is 19.9 Å². The van der Waals surface area contributed by atoms with Crippen molar-refractivity contribution in [2.45, 2.75) is 0 Å². The first-order chi connectivity index (χ1) is 47.5. The Labute approximate surface area is 561 Å². The fourth-order valence-corrected chi connectivity index (χ4v) is 15.2. The third kappa shape index (κ3) is 8.64. The Hall–Kier alpha value is -12.2. The molecule has 0 aliphatic heterocycles. The first kappa shape index (κ1) is 55.5. The van der Waals surface area contributed by atoms with Gasteiger partial charge in [0.2, 0.25) is 0 Å². The second-order valence-corrected chi connectivity index (χ2v) is 25.2. The Balaban J connectivity index is 0.000000122. The van der Waals surface area contributed by atoms with Gasteiger partial charge >= 0.3 is 0 Å². The monoisotopic (exact) mass is 1310 g/mol. The van der Waals surface area contributed by atoms with Gasteiger partial charge in [0, 0.05) is 94.6 Å². The smallest absolute Gasteiger partial charge is 0.147 e. The molecule has 21 aromatic rings. The number of aromatic nitrogens is 10. The molecule has 0 atom stereocenters. The number of pyridine rings is 3. The van der Waals surface area contributed by atoms with Crippen LogP contribution in [-0.2, 0) is 0 Å². The summed E-state index contributed by atoms with van der Waals surface area (Å²) < 4.78 is 12.5. The van der Waals surface area contributed by atoms with Crippen LogP contribution in [-0.4, -0.2) is 47.6 Å². The summed E-state index contributed by atoms with van der Waals surface area (Å²) in [4.78, 5) is 22.4. The average molecular weight is 1320 g/mol. The van der Waals surface area contributed by atoms with Gasteiger partial charge in [0.15, 0.2) is 0 Å². The Morgan fingerprint density at radius 2 is 0.750 bits per heavy atom. The number of hydrogen-bond acceptors (Lipinski definition) is 4. The van der Waals surface area contributed by atoms with Gasteiger partial charge in [-0.1, -0.05) is 157 Å². The number of aromatic amines is 1. The summed E-state index contributed by atoms with van der Waals surface area (Å²) >= 11 is 8.75. The summed E-state index contributed by atoms with van der Waals surface area (Å²) in [5.41, 5.74) is 21.0. The molecule has 0 saturated heterocycles. The SMILES string of the molecule is Clc1cccnc1Br.c1ccc(-n2c3ccccc3c3c4c5cc6c7cccnc7n7c8ccccc8nc7c6cc5n(-c5ccccc5)c4ccc32)cc1.c1ccc(-n2c3ccccc3c3c4c5ccc(-c6nc7ccccc7[nH]6)cc5n(-c5ccccc5)c4ccc32)cc1. The van der Waals surface area contributed by atoms with E-state index in [9.17, 15) is 0 Å². The van der Waals surface area contributed by atoms with Crippen LogP contribution in [0.5, 0.6) is 0 Å². The molecule has 12 aromatic carbocycles. The Kier molecular flexibility index (Phi) is 12.9. The number of para-hydroxylation sites is 10. The zero-order valence-corrected chi connectivity index (χ0v) is 53.6. The van der Waals surface area contributed by atoms with Crippen LogP contribution >= 0.6 is 27.5 Å². The van der Waals surface area contributed by atoms with E-state index in [1.807, 2.05) is 30.5 Å². The van der Waals surface area contributed by atoms with E-state index in [1.165, 1.54) is 76.2 Å². The minimum absolute atomic E-state index is 0.646. The van der Waals surface area contributed by atoms with Gasteiger partial charge in [0.25, 0.3) is 0 Å². The number of H-pyrrole nitrogens is 1. The predicted octanol–water partition coefficient (Wildman–Crippen LogP) is 22.3. The molecular formula is C84H52BrClN10. The van der Waals surface area contributed by atoms with E-state index in [-0.39, 0.29) is 0 Å². The van der Waals surface area contributed by atoms with E-state index in [1.54, 1.807) is 18.3 Å². The third-order valence-corrected chi connectivity index (χ3v) is 20.0. The molecule has 0 aliphatic carbocycles. The fourth-order valence-electron chi connectivity index (χ4n) is 14.8. The van der Waals surface area contributed by atoms with Crippen molar-refractivity contribution in [2.24, 2.45) is 0 Å². The molecule has 0 saturated carbocycles. The molecule has 0 aliphatic rings. The molecule has 0 amide bonds. The largest absolute Gasteiger partial charge is 0.338 e. The second kappa shape index (κ2) is 22.3. The molecule has 0 radical (unpaired) electrons. The maximum Gasteiger partial charge on any atom is 0.147 e. The molecule has 452 valence electrons. The number of nitrogens with one attached hydrogen (secondary N) is 1. The van der Waals surface area contributed by atoms with Crippen LogP contribution in [0.4, 0.5) is 0 Å². The summed E-state index contributed by atoms with van der Waals surface area (Å²) in [6, 6.07) is 105. The van der Waals surface area contributed by atoms with Crippen molar-refractivity contribution in [3.8, 4) is 34.1 Å². The van der Waals surface area contributed by atoms with Gasteiger partial charge in [-0.3, -0.25) is 4.40 Å². The number of hydrogen-bond donors (Lipinski definition) is 1. The summed E-state index contributed by atoms with van der Waals surface area (Å²) in [6.45, 7) is 0. The Bertz CT molecular complexity index is 6610. The normalized spacial score (nSPS) is 11.9. The summed E-state index contributed by atoms with van der Waals surface area (Å²) in [5, 5.41) is 14.0. The molecule has 9 aromatic heterocycles. The summed E-state index contributed by atoms with van der Waals surface area (Å²) in [5.74, 6) is 0.879. The van der Waals surface area contributed by atoms with Gasteiger partial charge in [0.05, 0.1) is 71.2 Å². The molecular weight excluding hydrogens is 1260 g/mol. The number of benzene rings is 12. The van der Waals surface area contributed by atoms with Gasteiger partial charge in [-0.05, 0) is 173 Å². The van der Waals surface area contributed by atoms with Crippen LogP contribution in [0.1, 0.15) is 0 Å². The molecule has 1 N–H and O–H groups in total. The standard InChI is InChI=1S/C42H25N5.C37H24N4.C5H3BrClN/c1-3-12-26(13-4-1)45-34-19-9-7-16-29(34)39-36(45)21-22-37-40(39)32-24-30-28-17-11-23-43-41(28)47-35-20-10-8-18-33(35)44-42(47)31(30)25-38(32)46(37)27-14-5-2-6-15-27;1-3-11-25(12-4-1)40-31-18-10-7-15-27(31)35-32(40)21-22-33-36(35)28-20-19-24(37-38-29-16-8-9-17-30(29)39-37)23-34(28)41(33)26-13-5-2-6-14-26;6-5-4(7)2-1-3-8-5/h1-25H;1-23H,(H,38,39);1-3H. The number of fused-ring (bicyclic) bond motifs is 23. The zero-order chi connectivity index (χ0) is 63.5. The van der Waals surface area contributed by atoms with Gasteiger partial charge in [-0.15, -0.1) is 0 Å². The van der Waals surface area contributed by atoms with Gasteiger partial charge in [-0.2, -0.15) is 0 Å². The number of rotatable bonds is 5. The van der Waals surface area contributed by atoms with Crippen LogP contribution in [0.2, 0.25) is 5.02 Å². The predicted molar refractivity (Wildman–Crippen MR) is 401 cm³/mol. The lowest BCUT2D eigenvalue weighted by molar-refractivity contribution is 1.17. The van der Waals surface area contributed by atoms with Gasteiger partial charge in [0.1, 0.15) is 21.7 Å². The average Bonchev–Trinajstić information content (AvgIpc) is 1.54. The molecule has 12 heteroatoms. The van der Waals surface area contributed by atoms with E-state index in [2.05, 4.69) is 309 Å². The lowest BCUT2D eigenvalue weighted by Crippen LogP contribution is -1.96. The number of nitrogens with zero attached hydrogens (tertiary/aromatic N) is 9. The van der Waals surface area contributed by atoms with Crippen molar-refractivity contribution < 1.29 is 0 Å². The molecule has 0 unspecified atom stereocenters. The van der Waals surface area contributed by atoms with Crippen molar-refractivity contribution in [1.29, 1.82) is 0 Å². The van der Waals surface area contributed by atoms with Crippen molar-refractivity contribution in [2.75, 3.05) is 0 Å². The summed E-state index contributed by atoms with van der Waals surface area (Å²) in [7, 11) is 0. The third-order valence-electron chi connectivity index (χ3n) is 18.8. The molecule has 0 fully saturated rings. The minimum atomic E-state index is 0.646. The molecule has 0 spiro atoms. The highest BCUT2D eigenvalue weighted by Gasteiger charge is 2.25. The highest BCUT2D eigenvalue weighted by Crippen LogP contribution is 2.47. The van der Waals surface area contributed by atoms with E-state index >= 15 is 0 Å². The van der Waals surface area contributed by atoms with E-state index in [4.69, 9.17) is 26.6 Å². The molecule has 0 bridgehead atoms. The van der Waals surface area contributed by atoms with Crippen LogP contribution in [0.15, 0.2) is 314 Å². The Morgan fingerprint density at radius 1 is 0.302 bits per heavy atom.